The van der Waals surface area contributed by atoms with Crippen molar-refractivity contribution in [3.8, 4) is 0 Å². The molecule has 1 unspecified atom stereocenters. The van der Waals surface area contributed by atoms with Gasteiger partial charge in [0.15, 0.2) is 0 Å². The molecule has 1 aromatic rings. The lowest BCUT2D eigenvalue weighted by atomic mass is 10.2. The third-order valence-corrected chi connectivity index (χ3v) is 3.50. The SMILES string of the molecule is O=C(c1noc(C2CCCN2)n1)N1CCCOCC1. The highest BCUT2D eigenvalue weighted by molar-refractivity contribution is 5.90. The Labute approximate surface area is 111 Å². The summed E-state index contributed by atoms with van der Waals surface area (Å²) in [5.74, 6) is 0.510. The number of ether oxygens (including phenoxy) is 1. The maximum Gasteiger partial charge on any atom is 0.295 e. The number of carbonyl (C=O) groups is 1. The second-order valence-electron chi connectivity index (χ2n) is 4.86. The highest BCUT2D eigenvalue weighted by Gasteiger charge is 2.26. The van der Waals surface area contributed by atoms with Gasteiger partial charge in [0.2, 0.25) is 5.89 Å². The molecule has 2 fully saturated rings. The number of rotatable bonds is 2. The van der Waals surface area contributed by atoms with Crippen molar-refractivity contribution in [3.63, 3.8) is 0 Å². The zero-order chi connectivity index (χ0) is 13.1. The minimum atomic E-state index is -0.168. The number of hydrogen-bond acceptors (Lipinski definition) is 6. The first-order valence-corrected chi connectivity index (χ1v) is 6.78. The van der Waals surface area contributed by atoms with Crippen molar-refractivity contribution in [3.05, 3.63) is 11.7 Å². The molecule has 7 nitrogen and oxygen atoms in total. The number of nitrogens with one attached hydrogen (secondary N) is 1. The molecule has 2 aliphatic heterocycles. The Hall–Kier alpha value is -1.47. The van der Waals surface area contributed by atoms with Crippen LogP contribution in [-0.2, 0) is 4.74 Å². The highest BCUT2D eigenvalue weighted by atomic mass is 16.5. The van der Waals surface area contributed by atoms with Crippen LogP contribution in [0, 0.1) is 0 Å². The van der Waals surface area contributed by atoms with E-state index >= 15 is 0 Å². The van der Waals surface area contributed by atoms with Crippen LogP contribution in [0.1, 0.15) is 41.8 Å². The molecule has 0 aromatic carbocycles. The van der Waals surface area contributed by atoms with E-state index in [4.69, 9.17) is 9.26 Å². The standard InChI is InChI=1S/C12H18N4O3/c17-12(16-5-2-7-18-8-6-16)10-14-11(19-15-10)9-3-1-4-13-9/h9,13H,1-8H2. The van der Waals surface area contributed by atoms with E-state index in [9.17, 15) is 4.79 Å². The van der Waals surface area contributed by atoms with Gasteiger partial charge in [-0.1, -0.05) is 5.16 Å². The van der Waals surface area contributed by atoms with Crippen molar-refractivity contribution in [1.29, 1.82) is 0 Å². The Bertz CT molecular complexity index is 434. The highest BCUT2D eigenvalue weighted by Crippen LogP contribution is 2.21. The van der Waals surface area contributed by atoms with E-state index < -0.39 is 0 Å². The topological polar surface area (TPSA) is 80.5 Å². The molecule has 2 saturated heterocycles. The lowest BCUT2D eigenvalue weighted by Gasteiger charge is -2.16. The Morgan fingerprint density at radius 1 is 1.32 bits per heavy atom. The molecule has 7 heteroatoms. The Kier molecular flexibility index (Phi) is 3.74. The van der Waals surface area contributed by atoms with Crippen LogP contribution in [0.4, 0.5) is 0 Å². The molecule has 1 amide bonds. The van der Waals surface area contributed by atoms with Gasteiger partial charge >= 0.3 is 0 Å². The lowest BCUT2D eigenvalue weighted by molar-refractivity contribution is 0.0726. The fourth-order valence-corrected chi connectivity index (χ4v) is 2.45. The van der Waals surface area contributed by atoms with E-state index in [0.717, 1.165) is 25.8 Å². The van der Waals surface area contributed by atoms with Crippen LogP contribution in [0.3, 0.4) is 0 Å². The van der Waals surface area contributed by atoms with Crippen molar-refractivity contribution in [1.82, 2.24) is 20.4 Å². The number of hydrogen-bond donors (Lipinski definition) is 1. The van der Waals surface area contributed by atoms with Crippen molar-refractivity contribution >= 4 is 5.91 Å². The third kappa shape index (κ3) is 2.76. The molecule has 1 aromatic heterocycles. The second-order valence-corrected chi connectivity index (χ2v) is 4.86. The summed E-state index contributed by atoms with van der Waals surface area (Å²) in [6.45, 7) is 3.50. The normalized spacial score (nSPS) is 24.4. The molecule has 19 heavy (non-hydrogen) atoms. The zero-order valence-corrected chi connectivity index (χ0v) is 10.8. The van der Waals surface area contributed by atoms with Crippen molar-refractivity contribution < 1.29 is 14.1 Å². The molecule has 0 spiro atoms. The number of carbonyl (C=O) groups excluding carboxylic acids is 1. The average molecular weight is 266 g/mol. The average Bonchev–Trinajstić information content (AvgIpc) is 3.04. The van der Waals surface area contributed by atoms with E-state index in [1.54, 1.807) is 4.90 Å². The smallest absolute Gasteiger partial charge is 0.295 e. The summed E-state index contributed by atoms with van der Waals surface area (Å²) in [5, 5.41) is 7.08. The summed E-state index contributed by atoms with van der Waals surface area (Å²) in [5.41, 5.74) is 0. The molecule has 3 heterocycles. The molecule has 104 valence electrons. The molecule has 0 saturated carbocycles. The molecule has 1 N–H and O–H groups in total. The van der Waals surface area contributed by atoms with Crippen LogP contribution >= 0.6 is 0 Å². The van der Waals surface area contributed by atoms with Crippen LogP contribution in [0.5, 0.6) is 0 Å². The van der Waals surface area contributed by atoms with Crippen LogP contribution in [0.25, 0.3) is 0 Å². The van der Waals surface area contributed by atoms with E-state index in [2.05, 4.69) is 15.5 Å². The van der Waals surface area contributed by atoms with E-state index in [1.807, 2.05) is 0 Å². The van der Waals surface area contributed by atoms with E-state index in [0.29, 0.717) is 32.2 Å². The van der Waals surface area contributed by atoms with Crippen molar-refractivity contribution in [2.24, 2.45) is 0 Å². The third-order valence-electron chi connectivity index (χ3n) is 3.50. The first kappa shape index (κ1) is 12.6. The van der Waals surface area contributed by atoms with Crippen LogP contribution in [-0.4, -0.2) is 53.8 Å². The number of nitrogens with zero attached hydrogens (tertiary/aromatic N) is 3. The summed E-state index contributed by atoms with van der Waals surface area (Å²) in [4.78, 5) is 18.2. The quantitative estimate of drug-likeness (QED) is 0.832. The first-order valence-electron chi connectivity index (χ1n) is 6.78. The fourth-order valence-electron chi connectivity index (χ4n) is 2.45. The predicted octanol–water partition coefficient (Wildman–Crippen LogP) is 0.357. The number of amides is 1. The van der Waals surface area contributed by atoms with Gasteiger partial charge in [-0.25, -0.2) is 0 Å². The van der Waals surface area contributed by atoms with Gasteiger partial charge < -0.3 is 19.5 Å². The second kappa shape index (κ2) is 5.66. The largest absolute Gasteiger partial charge is 0.380 e. The number of aromatic nitrogens is 2. The summed E-state index contributed by atoms with van der Waals surface area (Å²) >= 11 is 0. The van der Waals surface area contributed by atoms with Gasteiger partial charge in [-0.15, -0.1) is 0 Å². The molecule has 2 aliphatic rings. The maximum atomic E-state index is 12.2. The molecule has 3 rings (SSSR count). The molecule has 0 radical (unpaired) electrons. The maximum absolute atomic E-state index is 12.2. The van der Waals surface area contributed by atoms with Gasteiger partial charge in [0.25, 0.3) is 11.7 Å². The fraction of sp³-hybridized carbons (Fsp3) is 0.750. The van der Waals surface area contributed by atoms with Gasteiger partial charge in [-0.05, 0) is 25.8 Å². The Morgan fingerprint density at radius 2 is 2.26 bits per heavy atom. The van der Waals surface area contributed by atoms with Gasteiger partial charge in [-0.2, -0.15) is 4.98 Å². The van der Waals surface area contributed by atoms with Gasteiger partial charge in [0.05, 0.1) is 12.6 Å². The summed E-state index contributed by atoms with van der Waals surface area (Å²) < 4.78 is 10.5. The zero-order valence-electron chi connectivity index (χ0n) is 10.8. The molecule has 0 bridgehead atoms. The van der Waals surface area contributed by atoms with Crippen LogP contribution in [0.15, 0.2) is 4.52 Å². The van der Waals surface area contributed by atoms with E-state index in [-0.39, 0.29) is 17.8 Å². The summed E-state index contributed by atoms with van der Waals surface area (Å²) in [6.07, 6.45) is 2.92. The monoisotopic (exact) mass is 266 g/mol. The molecular formula is C12H18N4O3. The Morgan fingerprint density at radius 3 is 3.11 bits per heavy atom. The van der Waals surface area contributed by atoms with Crippen LogP contribution in [0.2, 0.25) is 0 Å². The van der Waals surface area contributed by atoms with Crippen molar-refractivity contribution in [2.75, 3.05) is 32.8 Å². The van der Waals surface area contributed by atoms with Crippen molar-refractivity contribution in [2.45, 2.75) is 25.3 Å². The molecular weight excluding hydrogens is 248 g/mol. The molecule has 0 aliphatic carbocycles. The Balaban J connectivity index is 1.68. The summed E-state index contributed by atoms with van der Waals surface area (Å²) in [7, 11) is 0. The van der Waals surface area contributed by atoms with Gasteiger partial charge in [-0.3, -0.25) is 4.79 Å². The lowest BCUT2D eigenvalue weighted by Crippen LogP contribution is -2.34. The van der Waals surface area contributed by atoms with Gasteiger partial charge in [0, 0.05) is 19.7 Å². The minimum Gasteiger partial charge on any atom is -0.380 e. The predicted molar refractivity (Wildman–Crippen MR) is 65.6 cm³/mol. The first-order chi connectivity index (χ1) is 9.34. The van der Waals surface area contributed by atoms with Gasteiger partial charge in [0.1, 0.15) is 0 Å². The van der Waals surface area contributed by atoms with E-state index in [1.165, 1.54) is 0 Å². The molecule has 1 atom stereocenters. The van der Waals surface area contributed by atoms with Crippen LogP contribution < -0.4 is 5.32 Å². The summed E-state index contributed by atoms with van der Waals surface area (Å²) in [6, 6.07) is 0.0986. The minimum absolute atomic E-state index is 0.0986.